The molecule has 132 valence electrons. The number of aliphatic hydroxyl groups excluding tert-OH is 1. The Morgan fingerprint density at radius 3 is 2.48 bits per heavy atom. The molecular weight excluding hydrogens is 344 g/mol. The molecule has 1 atom stereocenters. The Morgan fingerprint density at radius 2 is 1.88 bits per heavy atom. The third-order valence-corrected chi connectivity index (χ3v) is 4.10. The highest BCUT2D eigenvalue weighted by atomic mass is 32.1. The van der Waals surface area contributed by atoms with E-state index >= 15 is 0 Å². The number of ether oxygens (including phenoxy) is 1. The predicted octanol–water partition coefficient (Wildman–Crippen LogP) is 1.71. The van der Waals surface area contributed by atoms with Crippen LogP contribution in [-0.2, 0) is 14.3 Å². The smallest absolute Gasteiger partial charge is 0.337 e. The van der Waals surface area contributed by atoms with E-state index in [4.69, 9.17) is 0 Å². The number of carbonyl (C=O) groups is 3. The molecule has 1 aromatic heterocycles. The highest BCUT2D eigenvalue weighted by Crippen LogP contribution is 2.18. The van der Waals surface area contributed by atoms with Crippen LogP contribution >= 0.6 is 11.3 Å². The molecular formula is C17H18N2O5S. The number of amides is 2. The number of hydrogen-bond acceptors (Lipinski definition) is 6. The Bertz CT molecular complexity index is 728. The average molecular weight is 362 g/mol. The molecule has 0 aliphatic rings. The van der Waals surface area contributed by atoms with Crippen LogP contribution in [0.5, 0.6) is 0 Å². The largest absolute Gasteiger partial charge is 0.465 e. The van der Waals surface area contributed by atoms with Crippen LogP contribution in [0.25, 0.3) is 0 Å². The first-order valence-corrected chi connectivity index (χ1v) is 8.43. The van der Waals surface area contributed by atoms with E-state index < -0.39 is 23.9 Å². The van der Waals surface area contributed by atoms with Gasteiger partial charge in [-0.25, -0.2) is 4.79 Å². The summed E-state index contributed by atoms with van der Waals surface area (Å²) < 4.78 is 4.58. The fourth-order valence-electron chi connectivity index (χ4n) is 2.03. The van der Waals surface area contributed by atoms with Crippen molar-refractivity contribution in [3.63, 3.8) is 0 Å². The lowest BCUT2D eigenvalue weighted by molar-refractivity contribution is -0.136. The van der Waals surface area contributed by atoms with E-state index in [1.165, 1.54) is 42.7 Å². The van der Waals surface area contributed by atoms with Crippen molar-refractivity contribution in [3.8, 4) is 0 Å². The Morgan fingerprint density at radius 1 is 1.16 bits per heavy atom. The summed E-state index contributed by atoms with van der Waals surface area (Å²) in [4.78, 5) is 34.9. The minimum absolute atomic E-state index is 0.171. The van der Waals surface area contributed by atoms with E-state index in [2.05, 4.69) is 15.4 Å². The molecule has 2 amide bonds. The maximum absolute atomic E-state index is 11.8. The first-order valence-electron chi connectivity index (χ1n) is 7.49. The van der Waals surface area contributed by atoms with E-state index in [-0.39, 0.29) is 6.54 Å². The van der Waals surface area contributed by atoms with Crippen molar-refractivity contribution in [2.24, 2.45) is 0 Å². The summed E-state index contributed by atoms with van der Waals surface area (Å²) >= 11 is 1.48. The highest BCUT2D eigenvalue weighted by Gasteiger charge is 2.15. The lowest BCUT2D eigenvalue weighted by atomic mass is 10.1. The molecule has 0 bridgehead atoms. The van der Waals surface area contributed by atoms with Crippen LogP contribution in [0.2, 0.25) is 0 Å². The lowest BCUT2D eigenvalue weighted by Crippen LogP contribution is -2.36. The number of hydrogen-bond donors (Lipinski definition) is 3. The SMILES string of the molecule is COC(=O)c1ccc(NC(=O)C(=O)NCCC(O)c2ccsc2)cc1. The van der Waals surface area contributed by atoms with Crippen LogP contribution in [0.3, 0.4) is 0 Å². The van der Waals surface area contributed by atoms with E-state index in [1.54, 1.807) is 0 Å². The lowest BCUT2D eigenvalue weighted by Gasteiger charge is -2.10. The summed E-state index contributed by atoms with van der Waals surface area (Å²) in [7, 11) is 1.28. The molecule has 1 unspecified atom stereocenters. The zero-order valence-corrected chi connectivity index (χ0v) is 14.3. The van der Waals surface area contributed by atoms with Crippen molar-refractivity contribution >= 4 is 34.8 Å². The van der Waals surface area contributed by atoms with Gasteiger partial charge in [0.15, 0.2) is 0 Å². The number of aliphatic hydroxyl groups is 1. The number of benzene rings is 1. The molecule has 1 heterocycles. The van der Waals surface area contributed by atoms with Crippen LogP contribution in [0.1, 0.15) is 28.4 Å². The molecule has 0 aliphatic heterocycles. The highest BCUT2D eigenvalue weighted by molar-refractivity contribution is 7.07. The molecule has 0 saturated heterocycles. The topological polar surface area (TPSA) is 105 Å². The second-order valence-corrected chi connectivity index (χ2v) is 5.92. The van der Waals surface area contributed by atoms with Crippen LogP contribution in [0.4, 0.5) is 5.69 Å². The van der Waals surface area contributed by atoms with Gasteiger partial charge >= 0.3 is 17.8 Å². The van der Waals surface area contributed by atoms with E-state index in [1.807, 2.05) is 16.8 Å². The van der Waals surface area contributed by atoms with Crippen LogP contribution < -0.4 is 10.6 Å². The third kappa shape index (κ3) is 5.40. The van der Waals surface area contributed by atoms with Crippen molar-refractivity contribution in [2.75, 3.05) is 19.0 Å². The third-order valence-electron chi connectivity index (χ3n) is 3.40. The van der Waals surface area contributed by atoms with Gasteiger partial charge in [-0.3, -0.25) is 9.59 Å². The van der Waals surface area contributed by atoms with Gasteiger partial charge < -0.3 is 20.5 Å². The van der Waals surface area contributed by atoms with Crippen molar-refractivity contribution in [1.82, 2.24) is 5.32 Å². The fourth-order valence-corrected chi connectivity index (χ4v) is 2.74. The van der Waals surface area contributed by atoms with Gasteiger partial charge in [0.05, 0.1) is 18.8 Å². The number of esters is 1. The van der Waals surface area contributed by atoms with Gasteiger partial charge in [0.2, 0.25) is 0 Å². The minimum Gasteiger partial charge on any atom is -0.465 e. The maximum Gasteiger partial charge on any atom is 0.337 e. The van der Waals surface area contributed by atoms with E-state index in [9.17, 15) is 19.5 Å². The monoisotopic (exact) mass is 362 g/mol. The van der Waals surface area contributed by atoms with Crippen molar-refractivity contribution in [1.29, 1.82) is 0 Å². The number of carbonyl (C=O) groups excluding carboxylic acids is 3. The molecule has 0 aliphatic carbocycles. The maximum atomic E-state index is 11.8. The normalized spacial score (nSPS) is 11.4. The molecule has 25 heavy (non-hydrogen) atoms. The summed E-state index contributed by atoms with van der Waals surface area (Å²) in [6, 6.07) is 7.77. The number of thiophene rings is 1. The van der Waals surface area contributed by atoms with E-state index in [0.717, 1.165) is 5.56 Å². The van der Waals surface area contributed by atoms with Gasteiger partial charge in [0.1, 0.15) is 0 Å². The summed E-state index contributed by atoms with van der Waals surface area (Å²) in [5.41, 5.74) is 1.51. The molecule has 0 radical (unpaired) electrons. The van der Waals surface area contributed by atoms with Crippen LogP contribution in [-0.4, -0.2) is 36.5 Å². The first-order chi connectivity index (χ1) is 12.0. The zero-order valence-electron chi connectivity index (χ0n) is 13.5. The number of nitrogens with one attached hydrogen (secondary N) is 2. The first kappa shape index (κ1) is 18.6. The molecule has 2 rings (SSSR count). The molecule has 8 heteroatoms. The standard InChI is InChI=1S/C17H18N2O5S/c1-24-17(23)11-2-4-13(5-3-11)19-16(22)15(21)18-8-6-14(20)12-7-9-25-10-12/h2-5,7,9-10,14,20H,6,8H2,1H3,(H,18,21)(H,19,22). The quantitative estimate of drug-likeness (QED) is 0.536. The molecule has 7 nitrogen and oxygen atoms in total. The summed E-state index contributed by atoms with van der Waals surface area (Å²) in [6.07, 6.45) is -0.371. The van der Waals surface area contributed by atoms with E-state index in [0.29, 0.717) is 17.7 Å². The Balaban J connectivity index is 1.78. The zero-order chi connectivity index (χ0) is 18.2. The number of rotatable bonds is 6. The fraction of sp³-hybridized carbons (Fsp3) is 0.235. The van der Waals surface area contributed by atoms with Crippen molar-refractivity contribution < 1.29 is 24.2 Å². The average Bonchev–Trinajstić information content (AvgIpc) is 3.16. The summed E-state index contributed by atoms with van der Waals surface area (Å²) in [5, 5.41) is 18.5. The van der Waals surface area contributed by atoms with Gasteiger partial charge in [-0.1, -0.05) is 0 Å². The van der Waals surface area contributed by atoms with Gasteiger partial charge in [-0.05, 0) is 53.1 Å². The van der Waals surface area contributed by atoms with Crippen molar-refractivity contribution in [3.05, 3.63) is 52.2 Å². The van der Waals surface area contributed by atoms with Crippen molar-refractivity contribution in [2.45, 2.75) is 12.5 Å². The van der Waals surface area contributed by atoms with Gasteiger partial charge in [0.25, 0.3) is 0 Å². The van der Waals surface area contributed by atoms with Gasteiger partial charge in [0, 0.05) is 12.2 Å². The minimum atomic E-state index is -0.823. The molecule has 1 aromatic carbocycles. The Labute approximate surface area is 148 Å². The Kier molecular flexibility index (Phi) is 6.67. The molecule has 0 fully saturated rings. The van der Waals surface area contributed by atoms with Crippen LogP contribution in [0, 0.1) is 0 Å². The van der Waals surface area contributed by atoms with Gasteiger partial charge in [-0.15, -0.1) is 0 Å². The number of methoxy groups -OCH3 is 1. The Hall–Kier alpha value is -2.71. The molecule has 0 saturated carbocycles. The van der Waals surface area contributed by atoms with Gasteiger partial charge in [-0.2, -0.15) is 11.3 Å². The molecule has 0 spiro atoms. The number of anilines is 1. The second kappa shape index (κ2) is 8.95. The summed E-state index contributed by atoms with van der Waals surface area (Å²) in [6.45, 7) is 0.171. The second-order valence-electron chi connectivity index (χ2n) is 5.14. The predicted molar refractivity (Wildman–Crippen MR) is 93.3 cm³/mol. The van der Waals surface area contributed by atoms with Crippen LogP contribution in [0.15, 0.2) is 41.1 Å². The summed E-state index contributed by atoms with van der Waals surface area (Å²) in [5.74, 6) is -2.11. The molecule has 3 N–H and O–H groups in total. The molecule has 2 aromatic rings.